The Bertz CT molecular complexity index is 1190. The molecule has 0 bridgehead atoms. The molecule has 1 heterocycles. The number of hydrogen-bond acceptors (Lipinski definition) is 4. The van der Waals surface area contributed by atoms with Gasteiger partial charge in [0.2, 0.25) is 0 Å². The van der Waals surface area contributed by atoms with Gasteiger partial charge in [0.25, 0.3) is 0 Å². The van der Waals surface area contributed by atoms with E-state index in [1.807, 2.05) is 42.5 Å². The molecular weight excluding hydrogens is 425 g/mol. The second-order valence-electron chi connectivity index (χ2n) is 6.67. The van der Waals surface area contributed by atoms with Crippen LogP contribution < -0.4 is 10.6 Å². The standard InChI is InChI=1S/C23H16ClF3N4/c24-16-4-3-5-18(12-16)30-20-7-2-1-6-19(20)21-13-22(29-14-28-21)31-17-10-8-15(9-11-17)23(25,26)27/h1-14,30H,(H,28,29,31). The zero-order valence-electron chi connectivity index (χ0n) is 16.0. The highest BCUT2D eigenvalue weighted by molar-refractivity contribution is 6.30. The Morgan fingerprint density at radius 3 is 2.26 bits per heavy atom. The van der Waals surface area contributed by atoms with Crippen LogP contribution in [0.1, 0.15) is 5.56 Å². The number of benzene rings is 3. The lowest BCUT2D eigenvalue weighted by Gasteiger charge is -2.13. The van der Waals surface area contributed by atoms with Crippen LogP contribution in [-0.2, 0) is 6.18 Å². The van der Waals surface area contributed by atoms with Crippen LogP contribution in [0.2, 0.25) is 5.02 Å². The summed E-state index contributed by atoms with van der Waals surface area (Å²) in [6.07, 6.45) is -2.97. The molecule has 4 nitrogen and oxygen atoms in total. The molecule has 0 amide bonds. The summed E-state index contributed by atoms with van der Waals surface area (Å²) in [7, 11) is 0. The second-order valence-corrected chi connectivity index (χ2v) is 7.11. The van der Waals surface area contributed by atoms with Crippen molar-refractivity contribution in [2.24, 2.45) is 0 Å². The van der Waals surface area contributed by atoms with Crippen LogP contribution in [-0.4, -0.2) is 9.97 Å². The number of nitrogens with zero attached hydrogens (tertiary/aromatic N) is 2. The largest absolute Gasteiger partial charge is 0.416 e. The molecular formula is C23H16ClF3N4. The number of halogens is 4. The summed E-state index contributed by atoms with van der Waals surface area (Å²) in [5.74, 6) is 0.460. The third-order valence-corrected chi connectivity index (χ3v) is 4.69. The molecule has 0 unspecified atom stereocenters. The van der Waals surface area contributed by atoms with Gasteiger partial charge in [-0.1, -0.05) is 35.9 Å². The maximum absolute atomic E-state index is 12.7. The van der Waals surface area contributed by atoms with E-state index >= 15 is 0 Å². The van der Waals surface area contributed by atoms with Gasteiger partial charge in [0.1, 0.15) is 12.1 Å². The Morgan fingerprint density at radius 2 is 1.52 bits per heavy atom. The van der Waals surface area contributed by atoms with Gasteiger partial charge < -0.3 is 10.6 Å². The van der Waals surface area contributed by atoms with Crippen LogP contribution >= 0.6 is 11.6 Å². The molecule has 0 aliphatic rings. The lowest BCUT2D eigenvalue weighted by Crippen LogP contribution is -2.04. The average molecular weight is 441 g/mol. The molecule has 0 fully saturated rings. The Morgan fingerprint density at radius 1 is 0.742 bits per heavy atom. The number of anilines is 4. The number of aromatic nitrogens is 2. The molecule has 0 atom stereocenters. The van der Waals surface area contributed by atoms with Crippen LogP contribution in [0.4, 0.5) is 36.1 Å². The summed E-state index contributed by atoms with van der Waals surface area (Å²) in [5.41, 5.74) is 2.92. The van der Waals surface area contributed by atoms with Crippen molar-refractivity contribution in [3.63, 3.8) is 0 Å². The van der Waals surface area contributed by atoms with Crippen molar-refractivity contribution in [3.05, 3.63) is 95.8 Å². The van der Waals surface area contributed by atoms with E-state index in [1.54, 1.807) is 12.1 Å². The average Bonchev–Trinajstić information content (AvgIpc) is 2.74. The molecule has 1 aromatic heterocycles. The van der Waals surface area contributed by atoms with Crippen LogP contribution in [0.5, 0.6) is 0 Å². The molecule has 0 radical (unpaired) electrons. The zero-order valence-corrected chi connectivity index (χ0v) is 16.7. The van der Waals surface area contributed by atoms with Gasteiger partial charge in [0, 0.05) is 33.7 Å². The fourth-order valence-electron chi connectivity index (χ4n) is 3.00. The van der Waals surface area contributed by atoms with Crippen molar-refractivity contribution >= 4 is 34.5 Å². The molecule has 8 heteroatoms. The van der Waals surface area contributed by atoms with Gasteiger partial charge in [-0.25, -0.2) is 9.97 Å². The SMILES string of the molecule is FC(F)(F)c1ccc(Nc2cc(-c3ccccc3Nc3cccc(Cl)c3)ncn2)cc1. The maximum atomic E-state index is 12.7. The van der Waals surface area contributed by atoms with Gasteiger partial charge in [-0.2, -0.15) is 13.2 Å². The predicted molar refractivity (Wildman–Crippen MR) is 117 cm³/mol. The molecule has 0 aliphatic heterocycles. The monoisotopic (exact) mass is 440 g/mol. The highest BCUT2D eigenvalue weighted by Crippen LogP contribution is 2.32. The van der Waals surface area contributed by atoms with Crippen molar-refractivity contribution < 1.29 is 13.2 Å². The zero-order chi connectivity index (χ0) is 21.8. The van der Waals surface area contributed by atoms with E-state index in [4.69, 9.17) is 11.6 Å². The lowest BCUT2D eigenvalue weighted by atomic mass is 10.1. The minimum atomic E-state index is -4.37. The highest BCUT2D eigenvalue weighted by Gasteiger charge is 2.29. The van der Waals surface area contributed by atoms with Crippen molar-refractivity contribution in [3.8, 4) is 11.3 Å². The van der Waals surface area contributed by atoms with E-state index in [1.165, 1.54) is 18.5 Å². The van der Waals surface area contributed by atoms with Crippen molar-refractivity contribution in [2.45, 2.75) is 6.18 Å². The number of alkyl halides is 3. The van der Waals surface area contributed by atoms with E-state index in [0.29, 0.717) is 22.2 Å². The van der Waals surface area contributed by atoms with Crippen molar-refractivity contribution in [1.82, 2.24) is 9.97 Å². The predicted octanol–water partition coefficient (Wildman–Crippen LogP) is 7.30. The number of rotatable bonds is 5. The van der Waals surface area contributed by atoms with E-state index in [9.17, 15) is 13.2 Å². The first-order valence-electron chi connectivity index (χ1n) is 9.27. The van der Waals surface area contributed by atoms with Gasteiger partial charge >= 0.3 is 6.18 Å². The quantitative estimate of drug-likeness (QED) is 0.342. The maximum Gasteiger partial charge on any atom is 0.416 e. The second kappa shape index (κ2) is 8.65. The Balaban J connectivity index is 1.59. The molecule has 0 aliphatic carbocycles. The first-order chi connectivity index (χ1) is 14.9. The smallest absolute Gasteiger partial charge is 0.355 e. The van der Waals surface area contributed by atoms with Crippen LogP contribution in [0.3, 0.4) is 0 Å². The summed E-state index contributed by atoms with van der Waals surface area (Å²) in [6, 6.07) is 21.5. The molecule has 4 rings (SSSR count). The van der Waals surface area contributed by atoms with Crippen LogP contribution in [0.15, 0.2) is 85.2 Å². The third kappa shape index (κ3) is 5.13. The third-order valence-electron chi connectivity index (χ3n) is 4.46. The molecule has 0 saturated heterocycles. The summed E-state index contributed by atoms with van der Waals surface area (Å²) in [5, 5.41) is 6.96. The molecule has 4 aromatic rings. The number of nitrogens with one attached hydrogen (secondary N) is 2. The highest BCUT2D eigenvalue weighted by atomic mass is 35.5. The number of para-hydroxylation sites is 1. The van der Waals surface area contributed by atoms with E-state index in [2.05, 4.69) is 20.6 Å². The summed E-state index contributed by atoms with van der Waals surface area (Å²) >= 11 is 6.07. The van der Waals surface area contributed by atoms with Gasteiger partial charge in [-0.05, 0) is 48.5 Å². The molecule has 31 heavy (non-hydrogen) atoms. The fourth-order valence-corrected chi connectivity index (χ4v) is 3.19. The molecule has 3 aromatic carbocycles. The van der Waals surface area contributed by atoms with E-state index in [-0.39, 0.29) is 0 Å². The van der Waals surface area contributed by atoms with Crippen LogP contribution in [0.25, 0.3) is 11.3 Å². The summed E-state index contributed by atoms with van der Waals surface area (Å²) in [4.78, 5) is 8.53. The molecule has 0 spiro atoms. The van der Waals surface area contributed by atoms with Gasteiger partial charge in [-0.3, -0.25) is 0 Å². The Hall–Kier alpha value is -3.58. The van der Waals surface area contributed by atoms with Crippen molar-refractivity contribution in [2.75, 3.05) is 10.6 Å². The minimum absolute atomic E-state index is 0.460. The normalized spacial score (nSPS) is 11.2. The summed E-state index contributed by atoms with van der Waals surface area (Å²) in [6.45, 7) is 0. The van der Waals surface area contributed by atoms with E-state index in [0.717, 1.165) is 29.1 Å². The summed E-state index contributed by atoms with van der Waals surface area (Å²) < 4.78 is 38.2. The Labute approximate surface area is 181 Å². The minimum Gasteiger partial charge on any atom is -0.355 e. The van der Waals surface area contributed by atoms with E-state index < -0.39 is 11.7 Å². The van der Waals surface area contributed by atoms with Crippen LogP contribution in [0, 0.1) is 0 Å². The molecule has 156 valence electrons. The first-order valence-corrected chi connectivity index (χ1v) is 9.64. The lowest BCUT2D eigenvalue weighted by molar-refractivity contribution is -0.137. The van der Waals surface area contributed by atoms with Crippen molar-refractivity contribution in [1.29, 1.82) is 0 Å². The first kappa shape index (κ1) is 20.7. The number of hydrogen-bond donors (Lipinski definition) is 2. The molecule has 2 N–H and O–H groups in total. The van der Waals surface area contributed by atoms with Gasteiger partial charge in [-0.15, -0.1) is 0 Å². The topological polar surface area (TPSA) is 49.8 Å². The Kier molecular flexibility index (Phi) is 5.77. The fraction of sp³-hybridized carbons (Fsp3) is 0.0435. The van der Waals surface area contributed by atoms with Gasteiger partial charge in [0.15, 0.2) is 0 Å². The molecule has 0 saturated carbocycles. The van der Waals surface area contributed by atoms with Gasteiger partial charge in [0.05, 0.1) is 11.3 Å².